The largest absolute Gasteiger partial charge is 0.449 e. The Labute approximate surface area is 92.0 Å². The van der Waals surface area contributed by atoms with Crippen LogP contribution in [-0.2, 0) is 13.2 Å². The molecule has 0 fully saturated rings. The van der Waals surface area contributed by atoms with Crippen molar-refractivity contribution >= 4 is 11.9 Å². The zero-order chi connectivity index (χ0) is 12.3. The van der Waals surface area contributed by atoms with E-state index in [-0.39, 0.29) is 0 Å². The number of imidazole rings is 1. The Kier molecular flexibility index (Phi) is 3.62. The Bertz CT molecular complexity index is 391. The molecule has 0 saturated heterocycles. The molecule has 2 heterocycles. The molecule has 0 radical (unpaired) electrons. The second kappa shape index (κ2) is 4.59. The minimum absolute atomic E-state index is 0.294. The summed E-state index contributed by atoms with van der Waals surface area (Å²) in [6.07, 6.45) is -1.01. The number of nitrogens with one attached hydrogen (secondary N) is 1. The van der Waals surface area contributed by atoms with E-state index < -0.39 is 12.0 Å². The normalized spacial score (nSPS) is 13.6. The average Bonchev–Trinajstić information content (AvgIpc) is 2.60. The van der Waals surface area contributed by atoms with Gasteiger partial charge in [-0.1, -0.05) is 19.9 Å². The molecule has 3 nitrogen and oxygen atoms in total. The smallest absolute Gasteiger partial charge is 0.365 e. The summed E-state index contributed by atoms with van der Waals surface area (Å²) < 4.78 is 38.2. The van der Waals surface area contributed by atoms with Crippen LogP contribution in [0.3, 0.4) is 0 Å². The topological polar surface area (TPSA) is 29.9 Å². The minimum atomic E-state index is -4.40. The van der Waals surface area contributed by atoms with Gasteiger partial charge in [0.1, 0.15) is 0 Å². The zero-order valence-electron chi connectivity index (χ0n) is 9.39. The maximum Gasteiger partial charge on any atom is 0.449 e. The molecule has 1 aromatic rings. The highest BCUT2D eigenvalue weighted by Gasteiger charge is 2.37. The fourth-order valence-corrected chi connectivity index (χ4v) is 1.41. The second-order valence-corrected chi connectivity index (χ2v) is 3.01. The van der Waals surface area contributed by atoms with Crippen LogP contribution in [0.4, 0.5) is 19.0 Å². The predicted molar refractivity (Wildman–Crippen MR) is 57.1 cm³/mol. The minimum Gasteiger partial charge on any atom is -0.365 e. The highest BCUT2D eigenvalue weighted by Crippen LogP contribution is 2.32. The molecule has 0 saturated carbocycles. The van der Waals surface area contributed by atoms with E-state index in [1.165, 1.54) is 7.05 Å². The van der Waals surface area contributed by atoms with E-state index in [9.17, 15) is 13.2 Å². The van der Waals surface area contributed by atoms with Crippen LogP contribution in [-0.4, -0.2) is 16.1 Å². The zero-order valence-corrected chi connectivity index (χ0v) is 9.39. The van der Waals surface area contributed by atoms with Gasteiger partial charge in [0.05, 0.1) is 5.69 Å². The highest BCUT2D eigenvalue weighted by atomic mass is 19.4. The molecular weight excluding hydrogens is 219 g/mol. The van der Waals surface area contributed by atoms with E-state index in [1.54, 1.807) is 12.2 Å². The quantitative estimate of drug-likeness (QED) is 0.746. The first-order valence-corrected chi connectivity index (χ1v) is 5.04. The summed E-state index contributed by atoms with van der Waals surface area (Å²) in [5, 5.41) is 2.78. The molecular formula is C10H14F3N3. The Morgan fingerprint density at radius 2 is 2.00 bits per heavy atom. The second-order valence-electron chi connectivity index (χ2n) is 3.01. The lowest BCUT2D eigenvalue weighted by Gasteiger charge is -2.08. The van der Waals surface area contributed by atoms with Gasteiger partial charge in [0.25, 0.3) is 0 Å². The van der Waals surface area contributed by atoms with E-state index in [2.05, 4.69) is 10.3 Å². The number of rotatable bonds is 0. The van der Waals surface area contributed by atoms with E-state index in [0.717, 1.165) is 4.57 Å². The maximum atomic E-state index is 12.4. The lowest BCUT2D eigenvalue weighted by Crippen LogP contribution is -2.13. The van der Waals surface area contributed by atoms with Crippen LogP contribution in [0.15, 0.2) is 6.08 Å². The maximum absolute atomic E-state index is 12.4. The van der Waals surface area contributed by atoms with E-state index in [1.807, 2.05) is 13.8 Å². The fourth-order valence-electron chi connectivity index (χ4n) is 1.41. The summed E-state index contributed by atoms with van der Waals surface area (Å²) in [6.45, 7) is 4.52. The van der Waals surface area contributed by atoms with Gasteiger partial charge in [0.2, 0.25) is 5.82 Å². The van der Waals surface area contributed by atoms with Crippen molar-refractivity contribution in [2.24, 2.45) is 7.05 Å². The number of aromatic nitrogens is 2. The number of hydrogen-bond acceptors (Lipinski definition) is 2. The van der Waals surface area contributed by atoms with Gasteiger partial charge in [-0.05, 0) is 6.08 Å². The number of halogens is 3. The monoisotopic (exact) mass is 233 g/mol. The molecule has 0 atom stereocenters. The van der Waals surface area contributed by atoms with Crippen LogP contribution < -0.4 is 5.32 Å². The molecule has 0 unspecified atom stereocenters. The summed E-state index contributed by atoms with van der Waals surface area (Å²) in [5.74, 6) is -0.580. The Hall–Kier alpha value is -1.46. The third kappa shape index (κ3) is 2.20. The van der Waals surface area contributed by atoms with E-state index in [0.29, 0.717) is 18.1 Å². The number of hydrogen-bond donors (Lipinski definition) is 1. The molecule has 1 aliphatic rings. The van der Waals surface area contributed by atoms with Crippen molar-refractivity contribution in [2.45, 2.75) is 20.0 Å². The lowest BCUT2D eigenvalue weighted by atomic mass is 10.3. The SMILES string of the molecule is CC.Cn1c(C(F)(F)F)nc2c1C=CCN2. The fraction of sp³-hybridized carbons (Fsp3) is 0.500. The summed E-state index contributed by atoms with van der Waals surface area (Å²) in [6, 6.07) is 0. The van der Waals surface area contributed by atoms with Crippen molar-refractivity contribution in [2.75, 3.05) is 11.9 Å². The number of nitrogens with zero attached hydrogens (tertiary/aromatic N) is 2. The first kappa shape index (κ1) is 12.6. The molecule has 0 spiro atoms. The van der Waals surface area contributed by atoms with Crippen LogP contribution in [0, 0.1) is 0 Å². The van der Waals surface area contributed by atoms with Crippen LogP contribution in [0.5, 0.6) is 0 Å². The van der Waals surface area contributed by atoms with Crippen molar-refractivity contribution in [3.05, 3.63) is 17.6 Å². The molecule has 1 N–H and O–H groups in total. The van der Waals surface area contributed by atoms with Crippen molar-refractivity contribution in [3.8, 4) is 0 Å². The molecule has 0 amide bonds. The first-order chi connectivity index (χ1) is 7.50. The summed E-state index contributed by atoms with van der Waals surface area (Å²) in [5.41, 5.74) is 0.462. The molecule has 1 aromatic heterocycles. The van der Waals surface area contributed by atoms with Crippen molar-refractivity contribution in [1.29, 1.82) is 0 Å². The van der Waals surface area contributed by atoms with Crippen LogP contribution in [0.2, 0.25) is 0 Å². The van der Waals surface area contributed by atoms with Gasteiger partial charge in [0.15, 0.2) is 5.82 Å². The van der Waals surface area contributed by atoms with Gasteiger partial charge in [0, 0.05) is 13.6 Å². The predicted octanol–water partition coefficient (Wildman–Crippen LogP) is 2.90. The Morgan fingerprint density at radius 1 is 1.38 bits per heavy atom. The molecule has 0 aromatic carbocycles. The van der Waals surface area contributed by atoms with Gasteiger partial charge in [-0.25, -0.2) is 4.98 Å². The molecule has 0 bridgehead atoms. The molecule has 90 valence electrons. The standard InChI is InChI=1S/C8H8F3N3.C2H6/c1-14-5-3-2-4-12-6(5)13-7(14)8(9,10)11;1-2/h2-3,12H,4H2,1H3;1-2H3. The van der Waals surface area contributed by atoms with E-state index in [4.69, 9.17) is 0 Å². The van der Waals surface area contributed by atoms with Gasteiger partial charge >= 0.3 is 6.18 Å². The van der Waals surface area contributed by atoms with Gasteiger partial charge < -0.3 is 9.88 Å². The third-order valence-corrected chi connectivity index (χ3v) is 2.06. The van der Waals surface area contributed by atoms with Crippen LogP contribution in [0.25, 0.3) is 6.08 Å². The molecule has 16 heavy (non-hydrogen) atoms. The van der Waals surface area contributed by atoms with Crippen molar-refractivity contribution < 1.29 is 13.2 Å². The number of anilines is 1. The lowest BCUT2D eigenvalue weighted by molar-refractivity contribution is -0.146. The van der Waals surface area contributed by atoms with Crippen molar-refractivity contribution in [3.63, 3.8) is 0 Å². The van der Waals surface area contributed by atoms with Crippen LogP contribution >= 0.6 is 0 Å². The van der Waals surface area contributed by atoms with Gasteiger partial charge in [-0.2, -0.15) is 13.2 Å². The highest BCUT2D eigenvalue weighted by molar-refractivity contribution is 5.64. The third-order valence-electron chi connectivity index (χ3n) is 2.06. The summed E-state index contributed by atoms with van der Waals surface area (Å²) >= 11 is 0. The van der Waals surface area contributed by atoms with Gasteiger partial charge in [-0.15, -0.1) is 0 Å². The molecule has 0 aliphatic carbocycles. The van der Waals surface area contributed by atoms with Crippen molar-refractivity contribution in [1.82, 2.24) is 9.55 Å². The number of fused-ring (bicyclic) bond motifs is 1. The average molecular weight is 233 g/mol. The first-order valence-electron chi connectivity index (χ1n) is 5.04. The Balaban J connectivity index is 0.000000606. The molecule has 6 heteroatoms. The molecule has 2 rings (SSSR count). The van der Waals surface area contributed by atoms with E-state index >= 15 is 0 Å². The van der Waals surface area contributed by atoms with Crippen LogP contribution in [0.1, 0.15) is 25.4 Å². The number of alkyl halides is 3. The summed E-state index contributed by atoms with van der Waals surface area (Å²) in [7, 11) is 1.35. The molecule has 1 aliphatic heterocycles. The summed E-state index contributed by atoms with van der Waals surface area (Å²) in [4.78, 5) is 3.50. The Morgan fingerprint density at radius 3 is 2.50 bits per heavy atom. The van der Waals surface area contributed by atoms with Gasteiger partial charge in [-0.3, -0.25) is 0 Å².